The minimum absolute atomic E-state index is 0.231. The highest BCUT2D eigenvalue weighted by Crippen LogP contribution is 2.21. The van der Waals surface area contributed by atoms with Crippen molar-refractivity contribution in [3.8, 4) is 0 Å². The first-order valence-corrected chi connectivity index (χ1v) is 5.00. The SMILES string of the molecule is CCOC(=O)Cc1ccc2onc(N)c2c1. The van der Waals surface area contributed by atoms with E-state index in [0.717, 1.165) is 10.9 Å². The number of nitrogen functional groups attached to an aromatic ring is 1. The van der Waals surface area contributed by atoms with Crippen LogP contribution in [0.4, 0.5) is 5.82 Å². The topological polar surface area (TPSA) is 78.3 Å². The Morgan fingerprint density at radius 1 is 1.56 bits per heavy atom. The Kier molecular flexibility index (Phi) is 2.76. The number of aromatic nitrogens is 1. The van der Waals surface area contributed by atoms with E-state index < -0.39 is 0 Å². The van der Waals surface area contributed by atoms with Crippen molar-refractivity contribution >= 4 is 22.8 Å². The van der Waals surface area contributed by atoms with Gasteiger partial charge in [-0.15, -0.1) is 0 Å². The predicted octanol–water partition coefficient (Wildman–Crippen LogP) is 1.52. The maximum atomic E-state index is 11.3. The third-order valence-corrected chi connectivity index (χ3v) is 2.22. The van der Waals surface area contributed by atoms with Gasteiger partial charge in [0.2, 0.25) is 0 Å². The fourth-order valence-electron chi connectivity index (χ4n) is 1.49. The van der Waals surface area contributed by atoms with Crippen molar-refractivity contribution in [2.24, 2.45) is 0 Å². The standard InChI is InChI=1S/C11H12N2O3/c1-2-15-10(14)6-7-3-4-9-8(5-7)11(12)13-16-9/h3-5H,2,6H2,1H3,(H2,12,13). The summed E-state index contributed by atoms with van der Waals surface area (Å²) in [7, 11) is 0. The second-order valence-electron chi connectivity index (χ2n) is 3.38. The summed E-state index contributed by atoms with van der Waals surface area (Å²) in [6, 6.07) is 5.33. The molecule has 0 aliphatic carbocycles. The zero-order chi connectivity index (χ0) is 11.5. The van der Waals surface area contributed by atoms with E-state index in [0.29, 0.717) is 18.0 Å². The summed E-state index contributed by atoms with van der Waals surface area (Å²) in [4.78, 5) is 11.3. The summed E-state index contributed by atoms with van der Waals surface area (Å²) >= 11 is 0. The van der Waals surface area contributed by atoms with Gasteiger partial charge in [-0.3, -0.25) is 4.79 Å². The minimum atomic E-state index is -0.253. The molecule has 2 N–H and O–H groups in total. The Morgan fingerprint density at radius 2 is 2.38 bits per heavy atom. The number of ether oxygens (including phenoxy) is 1. The maximum Gasteiger partial charge on any atom is 0.310 e. The first-order chi connectivity index (χ1) is 7.70. The van der Waals surface area contributed by atoms with Gasteiger partial charge >= 0.3 is 5.97 Å². The van der Waals surface area contributed by atoms with E-state index in [1.807, 2.05) is 0 Å². The highest BCUT2D eigenvalue weighted by atomic mass is 16.5. The molecular weight excluding hydrogens is 208 g/mol. The highest BCUT2D eigenvalue weighted by Gasteiger charge is 2.08. The molecule has 0 aliphatic heterocycles. The van der Waals surface area contributed by atoms with E-state index in [2.05, 4.69) is 5.16 Å². The Hall–Kier alpha value is -2.04. The first-order valence-electron chi connectivity index (χ1n) is 5.00. The second kappa shape index (κ2) is 4.22. The number of carbonyl (C=O) groups is 1. The van der Waals surface area contributed by atoms with Crippen molar-refractivity contribution in [1.82, 2.24) is 5.16 Å². The number of hydrogen-bond acceptors (Lipinski definition) is 5. The van der Waals surface area contributed by atoms with E-state index in [1.54, 1.807) is 25.1 Å². The molecule has 0 saturated carbocycles. The third-order valence-electron chi connectivity index (χ3n) is 2.22. The van der Waals surface area contributed by atoms with Gasteiger partial charge < -0.3 is 15.0 Å². The Balaban J connectivity index is 2.25. The van der Waals surface area contributed by atoms with E-state index in [9.17, 15) is 4.79 Å². The van der Waals surface area contributed by atoms with Crippen LogP contribution in [-0.4, -0.2) is 17.7 Å². The Bertz CT molecular complexity index is 519. The Morgan fingerprint density at radius 3 is 3.12 bits per heavy atom. The van der Waals surface area contributed by atoms with Gasteiger partial charge in [-0.25, -0.2) is 0 Å². The van der Waals surface area contributed by atoms with Crippen LogP contribution >= 0.6 is 0 Å². The average Bonchev–Trinajstić information content (AvgIpc) is 2.61. The summed E-state index contributed by atoms with van der Waals surface area (Å²) in [6.45, 7) is 2.16. The van der Waals surface area contributed by atoms with Gasteiger partial charge in [0.25, 0.3) is 0 Å². The van der Waals surface area contributed by atoms with Crippen LogP contribution in [0.2, 0.25) is 0 Å². The lowest BCUT2D eigenvalue weighted by atomic mass is 10.1. The zero-order valence-electron chi connectivity index (χ0n) is 8.90. The lowest BCUT2D eigenvalue weighted by molar-refractivity contribution is -0.142. The van der Waals surface area contributed by atoms with Crippen molar-refractivity contribution in [2.45, 2.75) is 13.3 Å². The lowest BCUT2D eigenvalue weighted by Gasteiger charge is -2.01. The monoisotopic (exact) mass is 220 g/mol. The van der Waals surface area contributed by atoms with Crippen LogP contribution in [-0.2, 0) is 16.0 Å². The van der Waals surface area contributed by atoms with Crippen LogP contribution in [0.25, 0.3) is 11.0 Å². The fourth-order valence-corrected chi connectivity index (χ4v) is 1.49. The van der Waals surface area contributed by atoms with Gasteiger partial charge in [0.15, 0.2) is 11.4 Å². The molecule has 2 rings (SSSR count). The number of hydrogen-bond donors (Lipinski definition) is 1. The van der Waals surface area contributed by atoms with Crippen molar-refractivity contribution in [3.05, 3.63) is 23.8 Å². The van der Waals surface area contributed by atoms with Crippen LogP contribution in [0, 0.1) is 0 Å². The van der Waals surface area contributed by atoms with Crippen molar-refractivity contribution in [1.29, 1.82) is 0 Å². The van der Waals surface area contributed by atoms with Crippen LogP contribution in [0.15, 0.2) is 22.7 Å². The summed E-state index contributed by atoms with van der Waals surface area (Å²) in [6.07, 6.45) is 0.231. The van der Waals surface area contributed by atoms with Gasteiger partial charge in [0, 0.05) is 0 Å². The zero-order valence-corrected chi connectivity index (χ0v) is 8.90. The van der Waals surface area contributed by atoms with Gasteiger partial charge in [0.05, 0.1) is 18.4 Å². The van der Waals surface area contributed by atoms with E-state index in [-0.39, 0.29) is 12.4 Å². The summed E-state index contributed by atoms with van der Waals surface area (Å²) in [5, 5.41) is 4.36. The molecule has 1 aromatic heterocycles. The molecule has 0 unspecified atom stereocenters. The lowest BCUT2D eigenvalue weighted by Crippen LogP contribution is -2.07. The molecule has 0 amide bonds. The highest BCUT2D eigenvalue weighted by molar-refractivity contribution is 5.88. The fraction of sp³-hybridized carbons (Fsp3) is 0.273. The molecule has 0 saturated heterocycles. The predicted molar refractivity (Wildman–Crippen MR) is 58.8 cm³/mol. The number of anilines is 1. The molecule has 0 aliphatic rings. The molecule has 0 atom stereocenters. The number of rotatable bonds is 3. The van der Waals surface area contributed by atoms with Crippen molar-refractivity contribution < 1.29 is 14.1 Å². The molecule has 0 fully saturated rings. The number of benzene rings is 1. The molecule has 0 bridgehead atoms. The Labute approximate surface area is 92.2 Å². The molecule has 16 heavy (non-hydrogen) atoms. The van der Waals surface area contributed by atoms with Gasteiger partial charge in [-0.05, 0) is 24.6 Å². The molecular formula is C11H12N2O3. The van der Waals surface area contributed by atoms with Crippen LogP contribution in [0.5, 0.6) is 0 Å². The van der Waals surface area contributed by atoms with Crippen molar-refractivity contribution in [2.75, 3.05) is 12.3 Å². The average molecular weight is 220 g/mol. The minimum Gasteiger partial charge on any atom is -0.466 e. The molecule has 5 heteroatoms. The van der Waals surface area contributed by atoms with E-state index >= 15 is 0 Å². The second-order valence-corrected chi connectivity index (χ2v) is 3.38. The smallest absolute Gasteiger partial charge is 0.310 e. The molecule has 5 nitrogen and oxygen atoms in total. The quantitative estimate of drug-likeness (QED) is 0.793. The largest absolute Gasteiger partial charge is 0.466 e. The maximum absolute atomic E-state index is 11.3. The number of fused-ring (bicyclic) bond motifs is 1. The third kappa shape index (κ3) is 1.98. The summed E-state index contributed by atoms with van der Waals surface area (Å²) in [5.41, 5.74) is 7.06. The van der Waals surface area contributed by atoms with Gasteiger partial charge in [0.1, 0.15) is 0 Å². The summed E-state index contributed by atoms with van der Waals surface area (Å²) in [5.74, 6) is 0.0811. The van der Waals surface area contributed by atoms with E-state index in [4.69, 9.17) is 15.0 Å². The van der Waals surface area contributed by atoms with Crippen molar-refractivity contribution in [3.63, 3.8) is 0 Å². The summed E-state index contributed by atoms with van der Waals surface area (Å²) < 4.78 is 9.83. The molecule has 0 radical (unpaired) electrons. The molecule has 84 valence electrons. The molecule has 0 spiro atoms. The number of carbonyl (C=O) groups excluding carboxylic acids is 1. The van der Waals surface area contributed by atoms with Gasteiger partial charge in [-0.1, -0.05) is 11.2 Å². The molecule has 1 heterocycles. The first kappa shape index (κ1) is 10.5. The normalized spacial score (nSPS) is 10.6. The number of esters is 1. The van der Waals surface area contributed by atoms with Crippen LogP contribution in [0.3, 0.4) is 0 Å². The van der Waals surface area contributed by atoms with Gasteiger partial charge in [-0.2, -0.15) is 0 Å². The molecule has 2 aromatic rings. The molecule has 1 aromatic carbocycles. The number of nitrogens with zero attached hydrogens (tertiary/aromatic N) is 1. The van der Waals surface area contributed by atoms with Crippen LogP contribution in [0.1, 0.15) is 12.5 Å². The van der Waals surface area contributed by atoms with E-state index in [1.165, 1.54) is 0 Å². The number of nitrogens with two attached hydrogens (primary N) is 1. The van der Waals surface area contributed by atoms with Crippen LogP contribution < -0.4 is 5.73 Å².